The van der Waals surface area contributed by atoms with Crippen LogP contribution in [-0.2, 0) is 16.0 Å². The van der Waals surface area contributed by atoms with Crippen molar-refractivity contribution >= 4 is 63.3 Å². The van der Waals surface area contributed by atoms with E-state index in [2.05, 4.69) is 10.3 Å². The van der Waals surface area contributed by atoms with Crippen molar-refractivity contribution < 1.29 is 14.0 Å². The van der Waals surface area contributed by atoms with Gasteiger partial charge >= 0.3 is 0 Å². The largest absolute Gasteiger partial charge is 0.324 e. The van der Waals surface area contributed by atoms with E-state index >= 15 is 0 Å². The Bertz CT molecular complexity index is 1220. The topological polar surface area (TPSA) is 61.8 Å². The third kappa shape index (κ3) is 6.17. The molecule has 1 aliphatic rings. The lowest BCUT2D eigenvalue weighted by atomic mass is 10.1. The van der Waals surface area contributed by atoms with Gasteiger partial charge in [-0.3, -0.25) is 14.5 Å². The van der Waals surface area contributed by atoms with Crippen molar-refractivity contribution in [2.24, 2.45) is 4.99 Å². The summed E-state index contributed by atoms with van der Waals surface area (Å²) in [6, 6.07) is 20.0. The summed E-state index contributed by atoms with van der Waals surface area (Å²) in [5, 5.41) is 3.54. The Morgan fingerprint density at radius 3 is 2.47 bits per heavy atom. The van der Waals surface area contributed by atoms with Crippen LogP contribution in [0.2, 0.25) is 10.0 Å². The molecule has 0 aromatic heterocycles. The second-order valence-corrected chi connectivity index (χ2v) is 9.59. The summed E-state index contributed by atoms with van der Waals surface area (Å²) >= 11 is 13.3. The molecule has 1 saturated heterocycles. The number of anilines is 1. The molecular weight excluding hydrogens is 496 g/mol. The Morgan fingerprint density at radius 1 is 1.06 bits per heavy atom. The number of para-hydroxylation sites is 1. The van der Waals surface area contributed by atoms with Crippen molar-refractivity contribution in [3.63, 3.8) is 0 Å². The highest BCUT2D eigenvalue weighted by atomic mass is 35.5. The van der Waals surface area contributed by atoms with Crippen LogP contribution in [0.5, 0.6) is 0 Å². The fourth-order valence-corrected chi connectivity index (χ4v) is 4.79. The fraction of sp³-hybridized carbons (Fsp3) is 0.160. The SMILES string of the molecule is O=C(Nc1ccccc1Cl)C1CC(=O)N(CCc2ccc(Cl)cc2)C(=Nc2ccc(F)cc2)S1. The van der Waals surface area contributed by atoms with Gasteiger partial charge in [0.2, 0.25) is 11.8 Å². The molecular formula is C25H20Cl2FN3O2S. The van der Waals surface area contributed by atoms with Crippen molar-refractivity contribution in [1.29, 1.82) is 0 Å². The summed E-state index contributed by atoms with van der Waals surface area (Å²) in [7, 11) is 0. The second kappa shape index (κ2) is 11.0. The average Bonchev–Trinajstić information content (AvgIpc) is 2.82. The number of aliphatic imine (C=N–C) groups is 1. The predicted octanol–water partition coefficient (Wildman–Crippen LogP) is 6.34. The fourth-order valence-electron chi connectivity index (χ4n) is 3.36. The standard InChI is InChI=1S/C25H20Cl2FN3O2S/c26-17-7-5-16(6-8-17)13-14-31-23(32)15-22(24(33)30-21-4-2-1-3-20(21)27)34-25(31)29-19-11-9-18(28)10-12-19/h1-12,22H,13-15H2,(H,30,33). The molecule has 1 unspecified atom stereocenters. The van der Waals surface area contributed by atoms with E-state index in [0.717, 1.165) is 5.56 Å². The van der Waals surface area contributed by atoms with E-state index < -0.39 is 5.25 Å². The van der Waals surface area contributed by atoms with Crippen LogP contribution in [0.1, 0.15) is 12.0 Å². The van der Waals surface area contributed by atoms with E-state index in [-0.39, 0.29) is 24.1 Å². The van der Waals surface area contributed by atoms with E-state index in [1.54, 1.807) is 41.3 Å². The van der Waals surface area contributed by atoms with Gasteiger partial charge in [0, 0.05) is 18.0 Å². The van der Waals surface area contributed by atoms with Crippen LogP contribution in [0.25, 0.3) is 0 Å². The normalized spacial score (nSPS) is 17.1. The molecule has 1 heterocycles. The van der Waals surface area contributed by atoms with Gasteiger partial charge in [-0.2, -0.15) is 0 Å². The number of thioether (sulfide) groups is 1. The quantitative estimate of drug-likeness (QED) is 0.416. The zero-order valence-electron chi connectivity index (χ0n) is 17.9. The number of nitrogens with zero attached hydrogens (tertiary/aromatic N) is 2. The van der Waals surface area contributed by atoms with Gasteiger partial charge in [0.05, 0.1) is 16.4 Å². The Morgan fingerprint density at radius 2 is 1.76 bits per heavy atom. The zero-order chi connectivity index (χ0) is 24.1. The molecule has 1 atom stereocenters. The van der Waals surface area contributed by atoms with Crippen LogP contribution in [0.3, 0.4) is 0 Å². The van der Waals surface area contributed by atoms with Gasteiger partial charge in [0.1, 0.15) is 11.1 Å². The number of amidine groups is 1. The number of benzene rings is 3. The molecule has 2 amide bonds. The molecule has 4 rings (SSSR count). The van der Waals surface area contributed by atoms with Crippen LogP contribution in [0.4, 0.5) is 15.8 Å². The molecule has 0 saturated carbocycles. The predicted molar refractivity (Wildman–Crippen MR) is 136 cm³/mol. The average molecular weight is 516 g/mol. The third-order valence-electron chi connectivity index (χ3n) is 5.15. The monoisotopic (exact) mass is 515 g/mol. The summed E-state index contributed by atoms with van der Waals surface area (Å²) in [5.41, 5.74) is 1.98. The molecule has 0 aliphatic carbocycles. The highest BCUT2D eigenvalue weighted by molar-refractivity contribution is 8.15. The minimum absolute atomic E-state index is 0.0179. The van der Waals surface area contributed by atoms with E-state index in [1.807, 2.05) is 12.1 Å². The highest BCUT2D eigenvalue weighted by Gasteiger charge is 2.36. The van der Waals surface area contributed by atoms with Crippen LogP contribution in [-0.4, -0.2) is 33.7 Å². The smallest absolute Gasteiger partial charge is 0.238 e. The number of rotatable bonds is 6. The number of amides is 2. The van der Waals surface area contributed by atoms with E-state index in [0.29, 0.717) is 39.6 Å². The number of hydrogen-bond acceptors (Lipinski definition) is 4. The van der Waals surface area contributed by atoms with Crippen molar-refractivity contribution in [1.82, 2.24) is 4.90 Å². The lowest BCUT2D eigenvalue weighted by Crippen LogP contribution is -2.46. The maximum absolute atomic E-state index is 13.4. The first-order valence-corrected chi connectivity index (χ1v) is 12.1. The maximum atomic E-state index is 13.4. The summed E-state index contributed by atoms with van der Waals surface area (Å²) in [6.07, 6.45) is 0.604. The number of halogens is 3. The molecule has 3 aromatic carbocycles. The molecule has 174 valence electrons. The van der Waals surface area contributed by atoms with Crippen molar-refractivity contribution in [2.75, 3.05) is 11.9 Å². The summed E-state index contributed by atoms with van der Waals surface area (Å²) in [4.78, 5) is 32.2. The van der Waals surface area contributed by atoms with Gasteiger partial charge in [-0.1, -0.05) is 59.2 Å². The minimum atomic E-state index is -0.685. The van der Waals surface area contributed by atoms with Gasteiger partial charge in [0.15, 0.2) is 5.17 Å². The van der Waals surface area contributed by atoms with E-state index in [9.17, 15) is 14.0 Å². The number of hydrogen-bond donors (Lipinski definition) is 1. The van der Waals surface area contributed by atoms with Gasteiger partial charge in [-0.25, -0.2) is 9.38 Å². The van der Waals surface area contributed by atoms with Crippen molar-refractivity contribution in [3.8, 4) is 0 Å². The van der Waals surface area contributed by atoms with Crippen LogP contribution in [0.15, 0.2) is 77.8 Å². The minimum Gasteiger partial charge on any atom is -0.324 e. The molecule has 1 fully saturated rings. The highest BCUT2D eigenvalue weighted by Crippen LogP contribution is 2.31. The van der Waals surface area contributed by atoms with Gasteiger partial charge in [0.25, 0.3) is 0 Å². The second-order valence-electron chi connectivity index (χ2n) is 7.57. The summed E-state index contributed by atoms with van der Waals surface area (Å²) in [5.74, 6) is -0.934. The molecule has 0 spiro atoms. The number of carbonyl (C=O) groups is 2. The zero-order valence-corrected chi connectivity index (χ0v) is 20.2. The molecule has 9 heteroatoms. The van der Waals surface area contributed by atoms with E-state index in [4.69, 9.17) is 23.2 Å². The summed E-state index contributed by atoms with van der Waals surface area (Å²) < 4.78 is 13.4. The van der Waals surface area contributed by atoms with Gasteiger partial charge < -0.3 is 5.32 Å². The number of carbonyl (C=O) groups excluding carboxylic acids is 2. The molecule has 5 nitrogen and oxygen atoms in total. The molecule has 3 aromatic rings. The van der Waals surface area contributed by atoms with Crippen LogP contribution < -0.4 is 5.32 Å². The summed E-state index contributed by atoms with van der Waals surface area (Å²) in [6.45, 7) is 0.381. The molecule has 1 N–H and O–H groups in total. The van der Waals surface area contributed by atoms with Gasteiger partial charge in [-0.05, 0) is 60.5 Å². The Balaban J connectivity index is 1.55. The van der Waals surface area contributed by atoms with Crippen LogP contribution in [0, 0.1) is 5.82 Å². The molecule has 34 heavy (non-hydrogen) atoms. The first-order valence-electron chi connectivity index (χ1n) is 10.5. The van der Waals surface area contributed by atoms with E-state index in [1.165, 1.54) is 36.0 Å². The maximum Gasteiger partial charge on any atom is 0.238 e. The lowest BCUT2D eigenvalue weighted by molar-refractivity contribution is -0.129. The first kappa shape index (κ1) is 24.3. The Kier molecular flexibility index (Phi) is 7.88. The molecule has 0 radical (unpaired) electrons. The lowest BCUT2D eigenvalue weighted by Gasteiger charge is -2.32. The van der Waals surface area contributed by atoms with Crippen molar-refractivity contribution in [2.45, 2.75) is 18.1 Å². The molecule has 1 aliphatic heterocycles. The van der Waals surface area contributed by atoms with Crippen molar-refractivity contribution in [3.05, 3.63) is 94.2 Å². The van der Waals surface area contributed by atoms with Crippen LogP contribution >= 0.6 is 35.0 Å². The van der Waals surface area contributed by atoms with Gasteiger partial charge in [-0.15, -0.1) is 0 Å². The third-order valence-corrected chi connectivity index (χ3v) is 6.92. The Hall–Kier alpha value is -2.87. The number of nitrogens with one attached hydrogen (secondary N) is 1. The molecule has 0 bridgehead atoms. The Labute approximate surface area is 211 Å². The first-order chi connectivity index (χ1) is 16.4.